The van der Waals surface area contributed by atoms with Crippen molar-refractivity contribution in [3.63, 3.8) is 0 Å². The van der Waals surface area contributed by atoms with Crippen molar-refractivity contribution in [1.29, 1.82) is 5.26 Å². The second kappa shape index (κ2) is 8.85. The topological polar surface area (TPSA) is 82.0 Å². The van der Waals surface area contributed by atoms with Crippen molar-refractivity contribution in [3.8, 4) is 6.07 Å². The average molecular weight is 390 g/mol. The van der Waals surface area contributed by atoms with Gasteiger partial charge in [0, 0.05) is 28.4 Å². The highest BCUT2D eigenvalue weighted by atomic mass is 35.5. The largest absolute Gasteiger partial charge is 0.348 e. The molecule has 3 aromatic carbocycles. The van der Waals surface area contributed by atoms with Crippen molar-refractivity contribution in [3.05, 3.63) is 100 Å². The summed E-state index contributed by atoms with van der Waals surface area (Å²) in [5.74, 6) is -0.640. The van der Waals surface area contributed by atoms with Crippen LogP contribution in [-0.4, -0.2) is 11.8 Å². The molecule has 0 aliphatic rings. The zero-order chi connectivity index (χ0) is 19.9. The lowest BCUT2D eigenvalue weighted by Gasteiger charge is -2.08. The average Bonchev–Trinajstić information content (AvgIpc) is 2.73. The third-order valence-electron chi connectivity index (χ3n) is 4.00. The first-order chi connectivity index (χ1) is 13.5. The molecule has 28 heavy (non-hydrogen) atoms. The molecule has 3 rings (SSSR count). The number of anilines is 1. The summed E-state index contributed by atoms with van der Waals surface area (Å²) in [6, 6.07) is 22.3. The van der Waals surface area contributed by atoms with Crippen LogP contribution in [0.15, 0.2) is 72.8 Å². The molecule has 0 radical (unpaired) electrons. The number of nitrogens with zero attached hydrogens (tertiary/aromatic N) is 1. The van der Waals surface area contributed by atoms with Crippen LogP contribution < -0.4 is 10.6 Å². The number of hydrogen-bond donors (Lipinski definition) is 2. The van der Waals surface area contributed by atoms with Gasteiger partial charge in [-0.3, -0.25) is 9.59 Å². The molecule has 0 atom stereocenters. The third-order valence-corrected chi connectivity index (χ3v) is 4.25. The van der Waals surface area contributed by atoms with Crippen LogP contribution in [0.5, 0.6) is 0 Å². The minimum absolute atomic E-state index is 0.281. The van der Waals surface area contributed by atoms with Crippen LogP contribution in [0.2, 0.25) is 5.02 Å². The summed E-state index contributed by atoms with van der Waals surface area (Å²) >= 11 is 5.85. The summed E-state index contributed by atoms with van der Waals surface area (Å²) in [4.78, 5) is 24.9. The molecule has 0 aliphatic carbocycles. The van der Waals surface area contributed by atoms with Gasteiger partial charge in [-0.2, -0.15) is 5.26 Å². The van der Waals surface area contributed by atoms with Crippen LogP contribution in [-0.2, 0) is 6.54 Å². The zero-order valence-electron chi connectivity index (χ0n) is 14.8. The summed E-state index contributed by atoms with van der Waals surface area (Å²) in [6.07, 6.45) is 0. The Morgan fingerprint density at radius 2 is 1.57 bits per heavy atom. The lowest BCUT2D eigenvalue weighted by molar-refractivity contribution is 0.0951. The van der Waals surface area contributed by atoms with Crippen LogP contribution in [0.4, 0.5) is 5.69 Å². The van der Waals surface area contributed by atoms with E-state index >= 15 is 0 Å². The number of nitriles is 1. The van der Waals surface area contributed by atoms with E-state index in [0.29, 0.717) is 33.9 Å². The fourth-order valence-electron chi connectivity index (χ4n) is 2.56. The molecule has 2 amide bonds. The Kier molecular flexibility index (Phi) is 6.05. The highest BCUT2D eigenvalue weighted by molar-refractivity contribution is 6.30. The Balaban J connectivity index is 1.66. The molecule has 0 unspecified atom stereocenters. The highest BCUT2D eigenvalue weighted by Crippen LogP contribution is 2.13. The van der Waals surface area contributed by atoms with E-state index in [1.54, 1.807) is 54.6 Å². The minimum Gasteiger partial charge on any atom is -0.348 e. The Morgan fingerprint density at radius 3 is 2.29 bits per heavy atom. The van der Waals surface area contributed by atoms with E-state index in [9.17, 15) is 9.59 Å². The fraction of sp³-hybridized carbons (Fsp3) is 0.0455. The number of amides is 2. The summed E-state index contributed by atoms with van der Waals surface area (Å²) < 4.78 is 0. The number of benzene rings is 3. The molecule has 0 bridgehead atoms. The van der Waals surface area contributed by atoms with Gasteiger partial charge >= 0.3 is 0 Å². The molecule has 0 fully saturated rings. The van der Waals surface area contributed by atoms with Crippen molar-refractivity contribution >= 4 is 29.1 Å². The standard InChI is InChI=1S/C22H16ClN3O2/c23-19-9-7-15(8-10-19)14-25-21(27)17-4-2-5-18(12-17)22(28)26-20-6-1-3-16(11-20)13-24/h1-12H,14H2,(H,25,27)(H,26,28). The molecule has 0 saturated carbocycles. The predicted molar refractivity (Wildman–Crippen MR) is 108 cm³/mol. The van der Waals surface area contributed by atoms with Crippen molar-refractivity contribution in [1.82, 2.24) is 5.32 Å². The number of carbonyl (C=O) groups excluding carboxylic acids is 2. The lowest BCUT2D eigenvalue weighted by atomic mass is 10.1. The number of hydrogen-bond acceptors (Lipinski definition) is 3. The lowest BCUT2D eigenvalue weighted by Crippen LogP contribution is -2.23. The first kappa shape index (κ1) is 19.2. The molecule has 0 heterocycles. The molecule has 138 valence electrons. The Bertz CT molecular complexity index is 1060. The number of carbonyl (C=O) groups is 2. The maximum absolute atomic E-state index is 12.5. The molecule has 3 aromatic rings. The third kappa shape index (κ3) is 4.97. The normalized spacial score (nSPS) is 10.0. The second-order valence-corrected chi connectivity index (χ2v) is 6.47. The second-order valence-electron chi connectivity index (χ2n) is 6.04. The smallest absolute Gasteiger partial charge is 0.255 e. The number of nitrogens with one attached hydrogen (secondary N) is 2. The Hall–Kier alpha value is -3.62. The van der Waals surface area contributed by atoms with Gasteiger partial charge in [-0.15, -0.1) is 0 Å². The maximum atomic E-state index is 12.5. The summed E-state index contributed by atoms with van der Waals surface area (Å²) in [6.45, 7) is 0.355. The monoisotopic (exact) mass is 389 g/mol. The molecule has 0 spiro atoms. The van der Waals surface area contributed by atoms with E-state index < -0.39 is 0 Å². The molecule has 0 aliphatic heterocycles. The van der Waals surface area contributed by atoms with Crippen molar-refractivity contribution in [2.24, 2.45) is 0 Å². The van der Waals surface area contributed by atoms with Gasteiger partial charge < -0.3 is 10.6 Å². The first-order valence-electron chi connectivity index (χ1n) is 8.49. The molecule has 0 aromatic heterocycles. The fourth-order valence-corrected chi connectivity index (χ4v) is 2.68. The van der Waals surface area contributed by atoms with Gasteiger partial charge in [-0.05, 0) is 54.1 Å². The SMILES string of the molecule is N#Cc1cccc(NC(=O)c2cccc(C(=O)NCc3ccc(Cl)cc3)c2)c1. The van der Waals surface area contributed by atoms with E-state index in [2.05, 4.69) is 10.6 Å². The highest BCUT2D eigenvalue weighted by Gasteiger charge is 2.11. The molecular weight excluding hydrogens is 374 g/mol. The van der Waals surface area contributed by atoms with Crippen LogP contribution in [0.1, 0.15) is 31.8 Å². The van der Waals surface area contributed by atoms with Gasteiger partial charge in [-0.1, -0.05) is 35.9 Å². The van der Waals surface area contributed by atoms with E-state index in [-0.39, 0.29) is 11.8 Å². The van der Waals surface area contributed by atoms with Crippen molar-refractivity contribution in [2.45, 2.75) is 6.54 Å². The summed E-state index contributed by atoms with van der Waals surface area (Å²) in [5.41, 5.74) is 2.62. The van der Waals surface area contributed by atoms with Crippen LogP contribution in [0, 0.1) is 11.3 Å². The van der Waals surface area contributed by atoms with Gasteiger partial charge in [0.15, 0.2) is 0 Å². The zero-order valence-corrected chi connectivity index (χ0v) is 15.5. The van der Waals surface area contributed by atoms with Crippen molar-refractivity contribution < 1.29 is 9.59 Å². The quantitative estimate of drug-likeness (QED) is 0.678. The van der Waals surface area contributed by atoms with Gasteiger partial charge in [0.1, 0.15) is 0 Å². The molecule has 6 heteroatoms. The van der Waals surface area contributed by atoms with Crippen LogP contribution >= 0.6 is 11.6 Å². The van der Waals surface area contributed by atoms with Crippen LogP contribution in [0.3, 0.4) is 0 Å². The van der Waals surface area contributed by atoms with E-state index in [4.69, 9.17) is 16.9 Å². The van der Waals surface area contributed by atoms with Crippen molar-refractivity contribution in [2.75, 3.05) is 5.32 Å². The first-order valence-corrected chi connectivity index (χ1v) is 8.87. The van der Waals surface area contributed by atoms with E-state index in [0.717, 1.165) is 5.56 Å². The van der Waals surface area contributed by atoms with E-state index in [1.807, 2.05) is 18.2 Å². The number of rotatable bonds is 5. The molecular formula is C22H16ClN3O2. The van der Waals surface area contributed by atoms with Gasteiger partial charge in [-0.25, -0.2) is 0 Å². The molecule has 5 nitrogen and oxygen atoms in total. The van der Waals surface area contributed by atoms with Crippen LogP contribution in [0.25, 0.3) is 0 Å². The van der Waals surface area contributed by atoms with Gasteiger partial charge in [0.25, 0.3) is 11.8 Å². The predicted octanol–water partition coefficient (Wildman–Crippen LogP) is 4.39. The summed E-state index contributed by atoms with van der Waals surface area (Å²) in [5, 5.41) is 15.1. The number of halogens is 1. The van der Waals surface area contributed by atoms with E-state index in [1.165, 1.54) is 6.07 Å². The minimum atomic E-state index is -0.359. The summed E-state index contributed by atoms with van der Waals surface area (Å²) in [7, 11) is 0. The maximum Gasteiger partial charge on any atom is 0.255 e. The van der Waals surface area contributed by atoms with Gasteiger partial charge in [0.05, 0.1) is 11.6 Å². The molecule has 2 N–H and O–H groups in total. The Labute approximate surface area is 167 Å². The Morgan fingerprint density at radius 1 is 0.893 bits per heavy atom. The molecule has 0 saturated heterocycles. The van der Waals surface area contributed by atoms with Gasteiger partial charge in [0.2, 0.25) is 0 Å².